The summed E-state index contributed by atoms with van der Waals surface area (Å²) in [6.45, 7) is 6.78. The molecular formula is C15H24BrN3OS. The van der Waals surface area contributed by atoms with E-state index in [0.717, 1.165) is 42.8 Å². The van der Waals surface area contributed by atoms with Crippen molar-refractivity contribution >= 4 is 33.2 Å². The molecule has 1 aromatic heterocycles. The minimum atomic E-state index is 0.142. The SMILES string of the molecule is CCN1CCC(NC(=O)CN(C)Cc2ccc(Br)s2)CC1. The number of hydrogen-bond acceptors (Lipinski definition) is 4. The Bertz CT molecular complexity index is 458. The highest BCUT2D eigenvalue weighted by Crippen LogP contribution is 2.22. The van der Waals surface area contributed by atoms with Crippen LogP contribution in [0.25, 0.3) is 0 Å². The second-order valence-corrected chi connectivity index (χ2v) is 8.20. The van der Waals surface area contributed by atoms with E-state index in [0.29, 0.717) is 12.6 Å². The Morgan fingerprint density at radius 3 is 2.76 bits per heavy atom. The Morgan fingerprint density at radius 2 is 2.19 bits per heavy atom. The van der Waals surface area contributed by atoms with Gasteiger partial charge in [0.15, 0.2) is 0 Å². The van der Waals surface area contributed by atoms with Crippen LogP contribution in [-0.2, 0) is 11.3 Å². The van der Waals surface area contributed by atoms with Crippen molar-refractivity contribution in [2.45, 2.75) is 32.4 Å². The standard InChI is InChI=1S/C15H24BrN3OS/c1-3-19-8-6-12(7-9-19)17-15(20)11-18(2)10-13-4-5-14(16)21-13/h4-5,12H,3,6-11H2,1-2H3,(H,17,20). The summed E-state index contributed by atoms with van der Waals surface area (Å²) in [5.74, 6) is 0.142. The fourth-order valence-corrected chi connectivity index (χ4v) is 4.23. The van der Waals surface area contributed by atoms with Crippen LogP contribution < -0.4 is 5.32 Å². The van der Waals surface area contributed by atoms with Gasteiger partial charge in [-0.3, -0.25) is 9.69 Å². The van der Waals surface area contributed by atoms with Crippen LogP contribution in [0.3, 0.4) is 0 Å². The van der Waals surface area contributed by atoms with E-state index in [4.69, 9.17) is 0 Å². The molecule has 0 unspecified atom stereocenters. The number of halogens is 1. The van der Waals surface area contributed by atoms with Crippen LogP contribution in [0.5, 0.6) is 0 Å². The minimum absolute atomic E-state index is 0.142. The van der Waals surface area contributed by atoms with Crippen molar-refractivity contribution in [3.05, 3.63) is 20.8 Å². The molecule has 0 saturated carbocycles. The number of carbonyl (C=O) groups is 1. The molecule has 0 spiro atoms. The Labute approximate surface area is 139 Å². The number of nitrogens with one attached hydrogen (secondary N) is 1. The lowest BCUT2D eigenvalue weighted by molar-refractivity contribution is -0.123. The van der Waals surface area contributed by atoms with Gasteiger partial charge < -0.3 is 10.2 Å². The van der Waals surface area contributed by atoms with Crippen molar-refractivity contribution in [1.82, 2.24) is 15.1 Å². The van der Waals surface area contributed by atoms with Gasteiger partial charge in [0.2, 0.25) is 5.91 Å². The molecule has 1 aliphatic rings. The number of likely N-dealkylation sites (tertiary alicyclic amines) is 1. The highest BCUT2D eigenvalue weighted by Gasteiger charge is 2.20. The molecule has 2 rings (SSSR count). The molecule has 0 aliphatic carbocycles. The average Bonchev–Trinajstić information content (AvgIpc) is 2.84. The molecule has 1 saturated heterocycles. The molecule has 0 atom stereocenters. The van der Waals surface area contributed by atoms with Gasteiger partial charge in [-0.25, -0.2) is 0 Å². The quantitative estimate of drug-likeness (QED) is 0.831. The number of carbonyl (C=O) groups excluding carboxylic acids is 1. The number of hydrogen-bond donors (Lipinski definition) is 1. The van der Waals surface area contributed by atoms with E-state index in [1.165, 1.54) is 4.88 Å². The molecule has 0 aromatic carbocycles. The lowest BCUT2D eigenvalue weighted by atomic mass is 10.1. The molecule has 0 radical (unpaired) electrons. The Kier molecular flexibility index (Phi) is 6.67. The predicted octanol–water partition coefficient (Wildman–Crippen LogP) is 2.54. The molecule has 6 heteroatoms. The molecule has 1 N–H and O–H groups in total. The maximum Gasteiger partial charge on any atom is 0.234 e. The maximum atomic E-state index is 12.1. The number of piperidine rings is 1. The van der Waals surface area contributed by atoms with Crippen LogP contribution in [0.1, 0.15) is 24.6 Å². The third kappa shape index (κ3) is 5.70. The van der Waals surface area contributed by atoms with E-state index < -0.39 is 0 Å². The van der Waals surface area contributed by atoms with Gasteiger partial charge in [-0.05, 0) is 54.5 Å². The first-order valence-corrected chi connectivity index (χ1v) is 9.12. The average molecular weight is 374 g/mol. The van der Waals surface area contributed by atoms with Crippen LogP contribution in [0.2, 0.25) is 0 Å². The number of nitrogens with zero attached hydrogens (tertiary/aromatic N) is 2. The molecule has 4 nitrogen and oxygen atoms in total. The maximum absolute atomic E-state index is 12.1. The van der Waals surface area contributed by atoms with Gasteiger partial charge in [-0.2, -0.15) is 0 Å². The summed E-state index contributed by atoms with van der Waals surface area (Å²) in [4.78, 5) is 17.9. The first kappa shape index (κ1) is 16.9. The summed E-state index contributed by atoms with van der Waals surface area (Å²) in [5, 5.41) is 3.17. The summed E-state index contributed by atoms with van der Waals surface area (Å²) >= 11 is 5.19. The number of rotatable bonds is 6. The van der Waals surface area contributed by atoms with E-state index in [1.54, 1.807) is 11.3 Å². The zero-order valence-electron chi connectivity index (χ0n) is 12.8. The Morgan fingerprint density at radius 1 is 1.48 bits per heavy atom. The molecule has 0 bridgehead atoms. The highest BCUT2D eigenvalue weighted by molar-refractivity contribution is 9.11. The number of likely N-dealkylation sites (N-methyl/N-ethyl adjacent to an activating group) is 1. The van der Waals surface area contributed by atoms with Crippen molar-refractivity contribution < 1.29 is 4.79 Å². The largest absolute Gasteiger partial charge is 0.352 e. The summed E-state index contributed by atoms with van der Waals surface area (Å²) in [6, 6.07) is 4.50. The van der Waals surface area contributed by atoms with Crippen LogP contribution in [0.15, 0.2) is 15.9 Å². The van der Waals surface area contributed by atoms with E-state index in [9.17, 15) is 4.79 Å². The minimum Gasteiger partial charge on any atom is -0.352 e. The van der Waals surface area contributed by atoms with Crippen LogP contribution in [0.4, 0.5) is 0 Å². The monoisotopic (exact) mass is 373 g/mol. The normalized spacial score (nSPS) is 17.3. The Balaban J connectivity index is 1.69. The Hall–Kier alpha value is -0.430. The highest BCUT2D eigenvalue weighted by atomic mass is 79.9. The predicted molar refractivity (Wildman–Crippen MR) is 91.6 cm³/mol. The van der Waals surface area contributed by atoms with Gasteiger partial charge in [-0.15, -0.1) is 11.3 Å². The van der Waals surface area contributed by atoms with Gasteiger partial charge >= 0.3 is 0 Å². The molecule has 1 fully saturated rings. The van der Waals surface area contributed by atoms with Crippen molar-refractivity contribution in [1.29, 1.82) is 0 Å². The van der Waals surface area contributed by atoms with Gasteiger partial charge in [-0.1, -0.05) is 6.92 Å². The van der Waals surface area contributed by atoms with E-state index in [1.807, 2.05) is 7.05 Å². The van der Waals surface area contributed by atoms with Crippen molar-refractivity contribution in [3.63, 3.8) is 0 Å². The molecule has 1 amide bonds. The number of thiophene rings is 1. The fraction of sp³-hybridized carbons (Fsp3) is 0.667. The van der Waals surface area contributed by atoms with Gasteiger partial charge in [0.25, 0.3) is 0 Å². The van der Waals surface area contributed by atoms with Crippen LogP contribution >= 0.6 is 27.3 Å². The topological polar surface area (TPSA) is 35.6 Å². The third-order valence-electron chi connectivity index (χ3n) is 3.87. The molecular weight excluding hydrogens is 350 g/mol. The van der Waals surface area contributed by atoms with Crippen LogP contribution in [0, 0.1) is 0 Å². The van der Waals surface area contributed by atoms with Gasteiger partial charge in [0, 0.05) is 30.6 Å². The zero-order valence-corrected chi connectivity index (χ0v) is 15.2. The van der Waals surface area contributed by atoms with E-state index in [-0.39, 0.29) is 5.91 Å². The molecule has 1 aliphatic heterocycles. The summed E-state index contributed by atoms with van der Waals surface area (Å²) in [5.41, 5.74) is 0. The molecule has 21 heavy (non-hydrogen) atoms. The van der Waals surface area contributed by atoms with E-state index in [2.05, 4.69) is 50.1 Å². The lowest BCUT2D eigenvalue weighted by Gasteiger charge is -2.31. The lowest BCUT2D eigenvalue weighted by Crippen LogP contribution is -2.46. The summed E-state index contributed by atoms with van der Waals surface area (Å²) < 4.78 is 1.14. The second kappa shape index (κ2) is 8.27. The molecule has 1 aromatic rings. The fourth-order valence-electron chi connectivity index (χ4n) is 2.67. The van der Waals surface area contributed by atoms with E-state index >= 15 is 0 Å². The third-order valence-corrected chi connectivity index (χ3v) is 5.48. The van der Waals surface area contributed by atoms with Crippen molar-refractivity contribution in [2.75, 3.05) is 33.2 Å². The molecule has 2 heterocycles. The van der Waals surface area contributed by atoms with Crippen molar-refractivity contribution in [3.8, 4) is 0 Å². The molecule has 118 valence electrons. The first-order valence-electron chi connectivity index (χ1n) is 7.51. The summed E-state index contributed by atoms with van der Waals surface area (Å²) in [6.07, 6.45) is 2.14. The van der Waals surface area contributed by atoms with Crippen molar-refractivity contribution in [2.24, 2.45) is 0 Å². The first-order chi connectivity index (χ1) is 10.1. The van der Waals surface area contributed by atoms with Gasteiger partial charge in [0.1, 0.15) is 0 Å². The smallest absolute Gasteiger partial charge is 0.234 e. The van der Waals surface area contributed by atoms with Gasteiger partial charge in [0.05, 0.1) is 10.3 Å². The second-order valence-electron chi connectivity index (χ2n) is 5.65. The zero-order chi connectivity index (χ0) is 15.2. The summed E-state index contributed by atoms with van der Waals surface area (Å²) in [7, 11) is 1.99. The van der Waals surface area contributed by atoms with Crippen LogP contribution in [-0.4, -0.2) is 55.0 Å². The number of amides is 1.